The minimum atomic E-state index is 0.785. The summed E-state index contributed by atoms with van der Waals surface area (Å²) < 4.78 is 0. The Labute approximate surface area is 94.0 Å². The van der Waals surface area contributed by atoms with Gasteiger partial charge in [0.2, 0.25) is 0 Å². The van der Waals surface area contributed by atoms with E-state index < -0.39 is 0 Å². The first-order valence-electron chi connectivity index (χ1n) is 7.11. The van der Waals surface area contributed by atoms with Crippen LogP contribution in [0.2, 0.25) is 0 Å². The number of piperidine rings is 1. The van der Waals surface area contributed by atoms with E-state index in [9.17, 15) is 0 Å². The molecule has 2 atom stereocenters. The molecule has 3 aliphatic rings. The van der Waals surface area contributed by atoms with Crippen LogP contribution in [0.5, 0.6) is 0 Å². The second-order valence-corrected chi connectivity index (χ2v) is 6.20. The van der Waals surface area contributed by atoms with Crippen molar-refractivity contribution in [2.45, 2.75) is 57.8 Å². The summed E-state index contributed by atoms with van der Waals surface area (Å²) in [4.78, 5) is 0. The minimum absolute atomic E-state index is 0.785. The van der Waals surface area contributed by atoms with E-state index in [1.165, 1.54) is 51.6 Å². The number of hydrogen-bond donors (Lipinski definition) is 1. The van der Waals surface area contributed by atoms with E-state index in [2.05, 4.69) is 5.32 Å². The van der Waals surface area contributed by atoms with E-state index in [0.717, 1.165) is 17.3 Å². The van der Waals surface area contributed by atoms with Crippen LogP contribution in [-0.4, -0.2) is 13.1 Å². The summed E-state index contributed by atoms with van der Waals surface area (Å²) in [6.45, 7) is 2.62. The number of rotatable bonds is 1. The highest BCUT2D eigenvalue weighted by atomic mass is 14.9. The average Bonchev–Trinajstić information content (AvgIpc) is 2.99. The van der Waals surface area contributed by atoms with Gasteiger partial charge in [-0.05, 0) is 43.1 Å². The van der Waals surface area contributed by atoms with Crippen LogP contribution in [0.25, 0.3) is 0 Å². The second-order valence-electron chi connectivity index (χ2n) is 6.20. The Morgan fingerprint density at radius 1 is 0.933 bits per heavy atom. The highest BCUT2D eigenvalue weighted by Crippen LogP contribution is 2.61. The monoisotopic (exact) mass is 207 g/mol. The van der Waals surface area contributed by atoms with Gasteiger partial charge in [0, 0.05) is 6.54 Å². The number of nitrogens with one attached hydrogen (secondary N) is 1. The predicted octanol–water partition coefficient (Wildman–Crippen LogP) is 3.35. The van der Waals surface area contributed by atoms with Crippen molar-refractivity contribution in [3.05, 3.63) is 0 Å². The van der Waals surface area contributed by atoms with Crippen molar-refractivity contribution in [2.24, 2.45) is 17.3 Å². The smallest absolute Gasteiger partial charge is 0.00107 e. The van der Waals surface area contributed by atoms with Gasteiger partial charge >= 0.3 is 0 Å². The molecule has 1 N–H and O–H groups in total. The quantitative estimate of drug-likeness (QED) is 0.650. The molecule has 0 aromatic rings. The fraction of sp³-hybridized carbons (Fsp3) is 1.00. The molecule has 2 unspecified atom stereocenters. The highest BCUT2D eigenvalue weighted by Gasteiger charge is 2.56. The molecule has 1 heteroatoms. The Kier molecular flexibility index (Phi) is 2.76. The zero-order valence-corrected chi connectivity index (χ0v) is 9.93. The normalized spacial score (nSPS) is 42.8. The molecular formula is C14H25N. The maximum atomic E-state index is 3.62. The first kappa shape index (κ1) is 10.1. The lowest BCUT2D eigenvalue weighted by molar-refractivity contribution is 0.271. The molecule has 1 spiro atoms. The third kappa shape index (κ3) is 1.95. The third-order valence-electron chi connectivity index (χ3n) is 5.23. The first-order chi connectivity index (χ1) is 7.41. The van der Waals surface area contributed by atoms with E-state index in [0.29, 0.717) is 0 Å². The highest BCUT2D eigenvalue weighted by molar-refractivity contribution is 5.07. The van der Waals surface area contributed by atoms with Gasteiger partial charge in [0.05, 0.1) is 0 Å². The van der Waals surface area contributed by atoms with Crippen molar-refractivity contribution >= 4 is 0 Å². The van der Waals surface area contributed by atoms with Crippen LogP contribution in [0.4, 0.5) is 0 Å². The second kappa shape index (κ2) is 4.08. The lowest BCUT2D eigenvalue weighted by Crippen LogP contribution is -2.33. The fourth-order valence-electron chi connectivity index (χ4n) is 4.24. The molecule has 1 nitrogen and oxygen atoms in total. The molecular weight excluding hydrogens is 182 g/mol. The summed E-state index contributed by atoms with van der Waals surface area (Å²) >= 11 is 0. The van der Waals surface area contributed by atoms with E-state index in [-0.39, 0.29) is 0 Å². The lowest BCUT2D eigenvalue weighted by Gasteiger charge is -2.26. The minimum Gasteiger partial charge on any atom is -0.316 e. The Morgan fingerprint density at radius 3 is 2.40 bits per heavy atom. The number of hydrogen-bond acceptors (Lipinski definition) is 1. The Morgan fingerprint density at radius 2 is 1.73 bits per heavy atom. The third-order valence-corrected chi connectivity index (χ3v) is 5.23. The SMILES string of the molecule is C1CCCC(C2CC23CCCNC3)CC1. The Bertz CT molecular complexity index is 209. The van der Waals surface area contributed by atoms with Gasteiger partial charge in [-0.15, -0.1) is 0 Å². The Hall–Kier alpha value is -0.0400. The summed E-state index contributed by atoms with van der Waals surface area (Å²) in [5, 5.41) is 3.62. The molecule has 3 rings (SSSR count). The van der Waals surface area contributed by atoms with Crippen molar-refractivity contribution in [2.75, 3.05) is 13.1 Å². The van der Waals surface area contributed by atoms with Crippen LogP contribution in [0.3, 0.4) is 0 Å². The van der Waals surface area contributed by atoms with E-state index in [1.807, 2.05) is 0 Å². The van der Waals surface area contributed by atoms with Crippen molar-refractivity contribution in [3.63, 3.8) is 0 Å². The average molecular weight is 207 g/mol. The molecule has 1 heterocycles. The standard InChI is InChI=1S/C14H25N/c1-2-4-7-12(6-3-1)13-10-14(13)8-5-9-15-11-14/h12-13,15H,1-11H2. The van der Waals surface area contributed by atoms with Crippen LogP contribution in [-0.2, 0) is 0 Å². The zero-order chi connectivity index (χ0) is 10.1. The van der Waals surface area contributed by atoms with E-state index in [4.69, 9.17) is 0 Å². The van der Waals surface area contributed by atoms with Gasteiger partial charge in [0.1, 0.15) is 0 Å². The predicted molar refractivity (Wildman–Crippen MR) is 63.8 cm³/mol. The molecule has 2 saturated carbocycles. The van der Waals surface area contributed by atoms with E-state index in [1.54, 1.807) is 19.3 Å². The zero-order valence-electron chi connectivity index (χ0n) is 9.93. The maximum absolute atomic E-state index is 3.62. The van der Waals surface area contributed by atoms with Gasteiger partial charge in [-0.3, -0.25) is 0 Å². The molecule has 0 amide bonds. The largest absolute Gasteiger partial charge is 0.316 e. The van der Waals surface area contributed by atoms with Crippen molar-refractivity contribution < 1.29 is 0 Å². The lowest BCUT2D eigenvalue weighted by atomic mass is 9.85. The molecule has 3 fully saturated rings. The van der Waals surface area contributed by atoms with Crippen LogP contribution < -0.4 is 5.32 Å². The molecule has 0 bridgehead atoms. The Balaban J connectivity index is 1.59. The van der Waals surface area contributed by atoms with Gasteiger partial charge < -0.3 is 5.32 Å². The summed E-state index contributed by atoms with van der Waals surface area (Å²) in [5.74, 6) is 2.22. The van der Waals surface area contributed by atoms with Crippen LogP contribution in [0.15, 0.2) is 0 Å². The molecule has 0 aromatic carbocycles. The van der Waals surface area contributed by atoms with Gasteiger partial charge in [-0.2, -0.15) is 0 Å². The topological polar surface area (TPSA) is 12.0 Å². The van der Waals surface area contributed by atoms with Crippen LogP contribution >= 0.6 is 0 Å². The molecule has 1 aliphatic heterocycles. The van der Waals surface area contributed by atoms with Crippen molar-refractivity contribution in [3.8, 4) is 0 Å². The van der Waals surface area contributed by atoms with Crippen LogP contribution in [0.1, 0.15) is 57.8 Å². The first-order valence-corrected chi connectivity index (χ1v) is 7.11. The molecule has 86 valence electrons. The summed E-state index contributed by atoms with van der Waals surface area (Å²) in [7, 11) is 0. The van der Waals surface area contributed by atoms with Crippen molar-refractivity contribution in [1.82, 2.24) is 5.32 Å². The molecule has 0 aromatic heterocycles. The fourth-order valence-corrected chi connectivity index (χ4v) is 4.24. The van der Waals surface area contributed by atoms with Gasteiger partial charge in [-0.1, -0.05) is 38.5 Å². The van der Waals surface area contributed by atoms with Gasteiger partial charge in [0.25, 0.3) is 0 Å². The molecule has 0 radical (unpaired) electrons. The van der Waals surface area contributed by atoms with E-state index >= 15 is 0 Å². The molecule has 1 saturated heterocycles. The van der Waals surface area contributed by atoms with Crippen molar-refractivity contribution in [1.29, 1.82) is 0 Å². The summed E-state index contributed by atoms with van der Waals surface area (Å²) in [6, 6.07) is 0. The molecule has 15 heavy (non-hydrogen) atoms. The van der Waals surface area contributed by atoms with Gasteiger partial charge in [0.15, 0.2) is 0 Å². The maximum Gasteiger partial charge on any atom is 0.00107 e. The molecule has 2 aliphatic carbocycles. The summed E-state index contributed by atoms with van der Waals surface area (Å²) in [6.07, 6.45) is 13.7. The van der Waals surface area contributed by atoms with Crippen LogP contribution in [0, 0.1) is 17.3 Å². The summed E-state index contributed by atoms with van der Waals surface area (Å²) in [5.41, 5.74) is 0.785. The van der Waals surface area contributed by atoms with Gasteiger partial charge in [-0.25, -0.2) is 0 Å².